The normalized spacial score (nSPS) is 18.6. The lowest BCUT2D eigenvalue weighted by molar-refractivity contribution is 0.354. The van der Waals surface area contributed by atoms with Crippen LogP contribution in [-0.2, 0) is 12.2 Å². The van der Waals surface area contributed by atoms with Crippen molar-refractivity contribution in [1.29, 1.82) is 0 Å². The predicted octanol–water partition coefficient (Wildman–Crippen LogP) is 2.82. The van der Waals surface area contributed by atoms with E-state index in [0.29, 0.717) is 5.92 Å². The third kappa shape index (κ3) is 3.61. The summed E-state index contributed by atoms with van der Waals surface area (Å²) < 4.78 is 5.34. The Morgan fingerprint density at radius 1 is 1.45 bits per heavy atom. The molecule has 0 bridgehead atoms. The quantitative estimate of drug-likeness (QED) is 0.858. The van der Waals surface area contributed by atoms with Crippen molar-refractivity contribution in [3.05, 3.63) is 41.5 Å². The van der Waals surface area contributed by atoms with E-state index in [0.717, 1.165) is 37.0 Å². The summed E-state index contributed by atoms with van der Waals surface area (Å²) in [7, 11) is 0. The summed E-state index contributed by atoms with van der Waals surface area (Å²) >= 11 is 1.75. The van der Waals surface area contributed by atoms with Gasteiger partial charge >= 0.3 is 0 Å². The summed E-state index contributed by atoms with van der Waals surface area (Å²) in [4.78, 5) is 5.73. The fourth-order valence-electron chi connectivity index (χ4n) is 2.42. The van der Waals surface area contributed by atoms with Crippen LogP contribution >= 0.6 is 11.8 Å². The highest BCUT2D eigenvalue weighted by Gasteiger charge is 2.18. The van der Waals surface area contributed by atoms with Crippen LogP contribution in [0.1, 0.15) is 23.7 Å². The summed E-state index contributed by atoms with van der Waals surface area (Å²) in [5.74, 6) is 2.97. The zero-order valence-electron chi connectivity index (χ0n) is 11.6. The number of rotatable bonds is 5. The number of nitrogens with zero attached hydrogens (tertiary/aromatic N) is 2. The van der Waals surface area contributed by atoms with Crippen LogP contribution in [0.15, 0.2) is 33.7 Å². The Hall–Kier alpha value is -1.33. The average Bonchev–Trinajstić information content (AvgIpc) is 3.09. The molecule has 2 aromatic rings. The first kappa shape index (κ1) is 13.6. The summed E-state index contributed by atoms with van der Waals surface area (Å²) in [6.45, 7) is 4.27. The zero-order valence-corrected chi connectivity index (χ0v) is 12.4. The van der Waals surface area contributed by atoms with Gasteiger partial charge in [-0.1, -0.05) is 22.9 Å². The number of nitrogens with one attached hydrogen (secondary N) is 1. The van der Waals surface area contributed by atoms with Gasteiger partial charge in [0.25, 0.3) is 0 Å². The van der Waals surface area contributed by atoms with E-state index in [2.05, 4.69) is 46.6 Å². The van der Waals surface area contributed by atoms with Crippen LogP contribution in [-0.4, -0.2) is 23.2 Å². The molecule has 0 aliphatic carbocycles. The molecule has 3 rings (SSSR count). The lowest BCUT2D eigenvalue weighted by atomic mass is 10.1. The first-order valence-electron chi connectivity index (χ1n) is 7.01. The molecule has 0 spiro atoms. The van der Waals surface area contributed by atoms with Gasteiger partial charge in [-0.2, -0.15) is 4.98 Å². The molecule has 1 fully saturated rings. The summed E-state index contributed by atoms with van der Waals surface area (Å²) in [5.41, 5.74) is 1.28. The molecule has 2 heterocycles. The fraction of sp³-hybridized carbons (Fsp3) is 0.467. The predicted molar refractivity (Wildman–Crippen MR) is 79.7 cm³/mol. The Balaban J connectivity index is 1.54. The number of thioether (sulfide) groups is 1. The van der Waals surface area contributed by atoms with Crippen molar-refractivity contribution in [2.45, 2.75) is 30.4 Å². The first-order valence-corrected chi connectivity index (χ1v) is 8.00. The summed E-state index contributed by atoms with van der Waals surface area (Å²) in [5, 5.41) is 7.43. The minimum atomic E-state index is 0.646. The highest BCUT2D eigenvalue weighted by Crippen LogP contribution is 2.22. The van der Waals surface area contributed by atoms with Crippen molar-refractivity contribution in [2.75, 3.05) is 13.1 Å². The molecule has 1 saturated heterocycles. The minimum Gasteiger partial charge on any atom is -0.339 e. The Labute approximate surface area is 123 Å². The minimum absolute atomic E-state index is 0.646. The molecular weight excluding hydrogens is 270 g/mol. The van der Waals surface area contributed by atoms with Crippen LogP contribution in [0.4, 0.5) is 0 Å². The molecule has 1 N–H and O–H groups in total. The Morgan fingerprint density at radius 2 is 2.40 bits per heavy atom. The Bertz CT molecular complexity index is 564. The van der Waals surface area contributed by atoms with Gasteiger partial charge in [-0.3, -0.25) is 0 Å². The first-order chi connectivity index (χ1) is 9.79. The van der Waals surface area contributed by atoms with E-state index in [1.165, 1.54) is 16.9 Å². The van der Waals surface area contributed by atoms with Crippen molar-refractivity contribution in [2.24, 2.45) is 5.92 Å². The third-order valence-electron chi connectivity index (χ3n) is 3.49. The topological polar surface area (TPSA) is 51.0 Å². The van der Waals surface area contributed by atoms with Gasteiger partial charge < -0.3 is 9.84 Å². The molecule has 1 unspecified atom stereocenters. The van der Waals surface area contributed by atoms with Gasteiger partial charge in [0.1, 0.15) is 0 Å². The van der Waals surface area contributed by atoms with E-state index in [4.69, 9.17) is 4.52 Å². The SMILES string of the molecule is Cc1cccc(SCc2noc(CC3CCNC3)n2)c1. The van der Waals surface area contributed by atoms with Gasteiger partial charge in [-0.25, -0.2) is 0 Å². The molecule has 20 heavy (non-hydrogen) atoms. The number of benzene rings is 1. The molecule has 1 atom stereocenters. The summed E-state index contributed by atoms with van der Waals surface area (Å²) in [6, 6.07) is 8.47. The fourth-order valence-corrected chi connectivity index (χ4v) is 3.28. The van der Waals surface area contributed by atoms with Crippen LogP contribution in [0.5, 0.6) is 0 Å². The number of hydrogen-bond donors (Lipinski definition) is 1. The van der Waals surface area contributed by atoms with E-state index in [9.17, 15) is 0 Å². The maximum atomic E-state index is 5.34. The second-order valence-electron chi connectivity index (χ2n) is 5.27. The van der Waals surface area contributed by atoms with Gasteiger partial charge in [0.2, 0.25) is 5.89 Å². The largest absolute Gasteiger partial charge is 0.339 e. The molecule has 1 aromatic carbocycles. The van der Waals surface area contributed by atoms with Crippen molar-refractivity contribution in [3.63, 3.8) is 0 Å². The number of aromatic nitrogens is 2. The highest BCUT2D eigenvalue weighted by molar-refractivity contribution is 7.98. The van der Waals surface area contributed by atoms with E-state index in [1.807, 2.05) is 0 Å². The van der Waals surface area contributed by atoms with Gasteiger partial charge in [-0.15, -0.1) is 11.8 Å². The molecule has 0 saturated carbocycles. The molecule has 0 radical (unpaired) electrons. The van der Waals surface area contributed by atoms with Gasteiger partial charge in [0.05, 0.1) is 5.75 Å². The van der Waals surface area contributed by atoms with Crippen molar-refractivity contribution >= 4 is 11.8 Å². The maximum Gasteiger partial charge on any atom is 0.226 e. The number of aryl methyl sites for hydroxylation is 1. The van der Waals surface area contributed by atoms with E-state index in [-0.39, 0.29) is 0 Å². The van der Waals surface area contributed by atoms with Gasteiger partial charge in [0, 0.05) is 11.3 Å². The van der Waals surface area contributed by atoms with Gasteiger partial charge in [0.15, 0.2) is 5.82 Å². The second-order valence-corrected chi connectivity index (χ2v) is 6.32. The van der Waals surface area contributed by atoms with E-state index < -0.39 is 0 Å². The average molecular weight is 289 g/mol. The maximum absolute atomic E-state index is 5.34. The van der Waals surface area contributed by atoms with E-state index in [1.54, 1.807) is 11.8 Å². The zero-order chi connectivity index (χ0) is 13.8. The molecule has 106 valence electrons. The molecular formula is C15H19N3OS. The smallest absolute Gasteiger partial charge is 0.226 e. The highest BCUT2D eigenvalue weighted by atomic mass is 32.2. The standard InChI is InChI=1S/C15H19N3OS/c1-11-3-2-4-13(7-11)20-10-14-17-15(19-18-14)8-12-5-6-16-9-12/h2-4,7,12,16H,5-6,8-10H2,1H3. The lowest BCUT2D eigenvalue weighted by Crippen LogP contribution is -2.10. The molecule has 0 amide bonds. The monoisotopic (exact) mass is 289 g/mol. The number of hydrogen-bond acceptors (Lipinski definition) is 5. The van der Waals surface area contributed by atoms with Crippen molar-refractivity contribution in [3.8, 4) is 0 Å². The van der Waals surface area contributed by atoms with Gasteiger partial charge in [-0.05, 0) is 44.5 Å². The molecule has 4 nitrogen and oxygen atoms in total. The second kappa shape index (κ2) is 6.41. The van der Waals surface area contributed by atoms with Crippen LogP contribution in [0, 0.1) is 12.8 Å². The third-order valence-corrected chi connectivity index (χ3v) is 4.48. The summed E-state index contributed by atoms with van der Waals surface area (Å²) in [6.07, 6.45) is 2.10. The van der Waals surface area contributed by atoms with Crippen LogP contribution in [0.3, 0.4) is 0 Å². The van der Waals surface area contributed by atoms with Crippen molar-refractivity contribution in [1.82, 2.24) is 15.5 Å². The lowest BCUT2D eigenvalue weighted by Gasteiger charge is -2.02. The van der Waals surface area contributed by atoms with Crippen LogP contribution in [0.2, 0.25) is 0 Å². The van der Waals surface area contributed by atoms with Crippen molar-refractivity contribution < 1.29 is 4.52 Å². The van der Waals surface area contributed by atoms with Crippen LogP contribution in [0.25, 0.3) is 0 Å². The Morgan fingerprint density at radius 3 is 3.20 bits per heavy atom. The van der Waals surface area contributed by atoms with E-state index >= 15 is 0 Å². The molecule has 1 aromatic heterocycles. The Kier molecular flexibility index (Phi) is 4.38. The van der Waals surface area contributed by atoms with Crippen LogP contribution < -0.4 is 5.32 Å². The molecule has 1 aliphatic heterocycles. The molecule has 1 aliphatic rings. The molecule has 5 heteroatoms.